The molecule has 0 fully saturated rings. The Morgan fingerprint density at radius 3 is 2.84 bits per heavy atom. The molecule has 0 amide bonds. The summed E-state index contributed by atoms with van der Waals surface area (Å²) in [6.07, 6.45) is 6.14. The maximum Gasteiger partial charge on any atom is 0.128 e. The average Bonchev–Trinajstić information content (AvgIpc) is 2.44. The minimum Gasteiger partial charge on any atom is -0.383 e. The molecule has 19 heavy (non-hydrogen) atoms. The van der Waals surface area contributed by atoms with Gasteiger partial charge in [0.25, 0.3) is 0 Å². The van der Waals surface area contributed by atoms with Gasteiger partial charge in [0.15, 0.2) is 0 Å². The van der Waals surface area contributed by atoms with Crippen LogP contribution in [0.5, 0.6) is 0 Å². The number of hydrogen-bond acceptors (Lipinski definition) is 4. The van der Waals surface area contributed by atoms with E-state index in [0.29, 0.717) is 10.8 Å². The molecular formula is C14H17ClN4. The van der Waals surface area contributed by atoms with Crippen LogP contribution in [-0.4, -0.2) is 17.0 Å². The second-order valence-corrected chi connectivity index (χ2v) is 4.71. The second kappa shape index (κ2) is 5.99. The molecule has 1 unspecified atom stereocenters. The normalized spacial score (nSPS) is 12.4. The molecule has 0 radical (unpaired) electrons. The zero-order chi connectivity index (χ0) is 13.8. The molecular weight excluding hydrogens is 260 g/mol. The predicted molar refractivity (Wildman–Crippen MR) is 78.2 cm³/mol. The fourth-order valence-electron chi connectivity index (χ4n) is 2.19. The van der Waals surface area contributed by atoms with Crippen molar-refractivity contribution in [2.75, 3.05) is 12.8 Å². The smallest absolute Gasteiger partial charge is 0.128 e. The van der Waals surface area contributed by atoms with Crippen molar-refractivity contribution < 1.29 is 0 Å². The number of hydrogen-bond donors (Lipinski definition) is 2. The summed E-state index contributed by atoms with van der Waals surface area (Å²) in [7, 11) is 1.89. The third kappa shape index (κ3) is 2.85. The van der Waals surface area contributed by atoms with Gasteiger partial charge >= 0.3 is 0 Å². The van der Waals surface area contributed by atoms with Crippen LogP contribution in [0.4, 0.5) is 5.82 Å². The van der Waals surface area contributed by atoms with Gasteiger partial charge in [-0.2, -0.15) is 0 Å². The third-order valence-corrected chi connectivity index (χ3v) is 3.36. The number of nitrogen functional groups attached to an aromatic ring is 1. The lowest BCUT2D eigenvalue weighted by Gasteiger charge is -2.21. The molecule has 5 heteroatoms. The summed E-state index contributed by atoms with van der Waals surface area (Å²) < 4.78 is 0. The van der Waals surface area contributed by atoms with Gasteiger partial charge in [-0.3, -0.25) is 4.98 Å². The summed E-state index contributed by atoms with van der Waals surface area (Å²) in [6.45, 7) is 2.10. The first-order valence-corrected chi connectivity index (χ1v) is 6.56. The van der Waals surface area contributed by atoms with Gasteiger partial charge in [-0.1, -0.05) is 18.5 Å². The van der Waals surface area contributed by atoms with Crippen molar-refractivity contribution in [3.8, 4) is 0 Å². The number of aryl methyl sites for hydroxylation is 1. The zero-order valence-corrected chi connectivity index (χ0v) is 11.8. The van der Waals surface area contributed by atoms with Crippen LogP contribution >= 0.6 is 11.6 Å². The largest absolute Gasteiger partial charge is 0.383 e. The van der Waals surface area contributed by atoms with E-state index in [0.717, 1.165) is 17.5 Å². The fraction of sp³-hybridized carbons (Fsp3) is 0.286. The molecule has 100 valence electrons. The summed E-state index contributed by atoms with van der Waals surface area (Å²) in [5.41, 5.74) is 9.19. The number of aromatic nitrogens is 2. The first kappa shape index (κ1) is 13.8. The molecule has 4 nitrogen and oxygen atoms in total. The quantitative estimate of drug-likeness (QED) is 0.901. The minimum atomic E-state index is -0.0378. The van der Waals surface area contributed by atoms with Gasteiger partial charge in [0.1, 0.15) is 5.82 Å². The fourth-order valence-corrected chi connectivity index (χ4v) is 2.36. The van der Waals surface area contributed by atoms with Crippen LogP contribution in [0.3, 0.4) is 0 Å². The highest BCUT2D eigenvalue weighted by Gasteiger charge is 2.18. The Morgan fingerprint density at radius 1 is 1.37 bits per heavy atom. The van der Waals surface area contributed by atoms with Crippen molar-refractivity contribution in [2.24, 2.45) is 0 Å². The van der Waals surface area contributed by atoms with E-state index >= 15 is 0 Å². The van der Waals surface area contributed by atoms with Crippen molar-refractivity contribution in [2.45, 2.75) is 19.4 Å². The van der Waals surface area contributed by atoms with Crippen LogP contribution in [0.1, 0.15) is 29.7 Å². The Morgan fingerprint density at radius 2 is 2.16 bits per heavy atom. The van der Waals surface area contributed by atoms with Gasteiger partial charge in [-0.15, -0.1) is 0 Å². The van der Waals surface area contributed by atoms with Crippen molar-refractivity contribution >= 4 is 17.4 Å². The first-order valence-electron chi connectivity index (χ1n) is 6.18. The van der Waals surface area contributed by atoms with Gasteiger partial charge in [-0.25, -0.2) is 4.98 Å². The SMILES string of the molecule is CCc1cnccc1C(NC)c1cc(Cl)cnc1N. The molecule has 0 saturated heterocycles. The second-order valence-electron chi connectivity index (χ2n) is 4.28. The molecule has 0 aliphatic heterocycles. The lowest BCUT2D eigenvalue weighted by atomic mass is 9.95. The predicted octanol–water partition coefficient (Wildman–Crippen LogP) is 2.58. The molecule has 2 aromatic rings. The monoisotopic (exact) mass is 276 g/mol. The Hall–Kier alpha value is -1.65. The number of nitrogens with one attached hydrogen (secondary N) is 1. The molecule has 2 aromatic heterocycles. The van der Waals surface area contributed by atoms with E-state index in [4.69, 9.17) is 17.3 Å². The van der Waals surface area contributed by atoms with Crippen LogP contribution in [-0.2, 0) is 6.42 Å². The molecule has 2 rings (SSSR count). The maximum absolute atomic E-state index is 6.02. The van der Waals surface area contributed by atoms with E-state index in [1.807, 2.05) is 25.4 Å². The Balaban J connectivity index is 2.53. The Labute approximate surface area is 118 Å². The molecule has 0 spiro atoms. The lowest BCUT2D eigenvalue weighted by Crippen LogP contribution is -2.21. The van der Waals surface area contributed by atoms with E-state index in [9.17, 15) is 0 Å². The zero-order valence-electron chi connectivity index (χ0n) is 11.0. The number of nitrogens with two attached hydrogens (primary N) is 1. The molecule has 0 aliphatic rings. The molecule has 0 saturated carbocycles. The minimum absolute atomic E-state index is 0.0378. The number of halogens is 1. The summed E-state index contributed by atoms with van der Waals surface area (Å²) in [6, 6.07) is 3.81. The summed E-state index contributed by atoms with van der Waals surface area (Å²) in [4.78, 5) is 8.28. The van der Waals surface area contributed by atoms with Gasteiger partial charge in [-0.05, 0) is 36.7 Å². The molecule has 0 aliphatic carbocycles. The van der Waals surface area contributed by atoms with Gasteiger partial charge < -0.3 is 11.1 Å². The molecule has 0 aromatic carbocycles. The van der Waals surface area contributed by atoms with Crippen LogP contribution in [0.25, 0.3) is 0 Å². The number of nitrogens with zero attached hydrogens (tertiary/aromatic N) is 2. The summed E-state index contributed by atoms with van der Waals surface area (Å²) >= 11 is 6.02. The Kier molecular flexibility index (Phi) is 4.35. The van der Waals surface area contributed by atoms with Crippen molar-refractivity contribution in [3.63, 3.8) is 0 Å². The van der Waals surface area contributed by atoms with Crippen molar-refractivity contribution in [1.29, 1.82) is 0 Å². The number of pyridine rings is 2. The highest BCUT2D eigenvalue weighted by atomic mass is 35.5. The van der Waals surface area contributed by atoms with Gasteiger partial charge in [0.2, 0.25) is 0 Å². The van der Waals surface area contributed by atoms with E-state index in [-0.39, 0.29) is 6.04 Å². The number of anilines is 1. The van der Waals surface area contributed by atoms with Gasteiger partial charge in [0.05, 0.1) is 11.1 Å². The van der Waals surface area contributed by atoms with E-state index in [1.165, 1.54) is 5.56 Å². The van der Waals surface area contributed by atoms with Crippen molar-refractivity contribution in [3.05, 3.63) is 52.4 Å². The van der Waals surface area contributed by atoms with Gasteiger partial charge in [0, 0.05) is 24.2 Å². The molecule has 3 N–H and O–H groups in total. The standard InChI is InChI=1S/C14H17ClN4/c1-3-9-7-18-5-4-11(9)13(17-2)12-6-10(15)8-19-14(12)16/h4-8,13,17H,3H2,1-2H3,(H2,16,19). The third-order valence-electron chi connectivity index (χ3n) is 3.15. The van der Waals surface area contributed by atoms with Crippen LogP contribution < -0.4 is 11.1 Å². The number of rotatable bonds is 4. The highest BCUT2D eigenvalue weighted by Crippen LogP contribution is 2.29. The topological polar surface area (TPSA) is 63.8 Å². The average molecular weight is 277 g/mol. The molecule has 1 atom stereocenters. The molecule has 0 bridgehead atoms. The molecule has 2 heterocycles. The Bertz CT molecular complexity index is 571. The van der Waals surface area contributed by atoms with Crippen LogP contribution in [0.15, 0.2) is 30.7 Å². The summed E-state index contributed by atoms with van der Waals surface area (Å²) in [5.74, 6) is 0.489. The van der Waals surface area contributed by atoms with E-state index in [2.05, 4.69) is 22.2 Å². The first-order chi connectivity index (χ1) is 9.17. The van der Waals surface area contributed by atoms with Crippen LogP contribution in [0.2, 0.25) is 5.02 Å². The maximum atomic E-state index is 6.02. The van der Waals surface area contributed by atoms with Crippen molar-refractivity contribution in [1.82, 2.24) is 15.3 Å². The highest BCUT2D eigenvalue weighted by molar-refractivity contribution is 6.30. The van der Waals surface area contributed by atoms with E-state index in [1.54, 1.807) is 12.4 Å². The van der Waals surface area contributed by atoms with Crippen LogP contribution in [0, 0.1) is 0 Å². The van der Waals surface area contributed by atoms with E-state index < -0.39 is 0 Å². The lowest BCUT2D eigenvalue weighted by molar-refractivity contribution is 0.682. The summed E-state index contributed by atoms with van der Waals surface area (Å²) in [5, 5.41) is 3.85.